The molecule has 1 heterocycles. The molecule has 1 nitrogen and oxygen atoms in total. The minimum atomic E-state index is 0. The Labute approximate surface area is 52.7 Å². The van der Waals surface area contributed by atoms with E-state index in [1.807, 2.05) is 18.2 Å². The van der Waals surface area contributed by atoms with Crippen molar-refractivity contribution >= 4 is 0 Å². The summed E-state index contributed by atoms with van der Waals surface area (Å²) in [5.74, 6) is 0. The Morgan fingerprint density at radius 2 is 1.43 bits per heavy atom. The van der Waals surface area contributed by atoms with Crippen LogP contribution in [0.5, 0.6) is 0 Å². The quantitative estimate of drug-likeness (QED) is 0.488. The van der Waals surface area contributed by atoms with Crippen molar-refractivity contribution in [3.63, 3.8) is 0 Å². The molecular weight excluding hydrogens is 133 g/mol. The van der Waals surface area contributed by atoms with Gasteiger partial charge in [0.2, 0.25) is 0 Å². The molecule has 0 aliphatic heterocycles. The van der Waals surface area contributed by atoms with Crippen molar-refractivity contribution in [2.24, 2.45) is 0 Å². The van der Waals surface area contributed by atoms with Crippen molar-refractivity contribution in [1.29, 1.82) is 0 Å². The maximum atomic E-state index is 3.78. The van der Waals surface area contributed by atoms with E-state index in [9.17, 15) is 0 Å². The summed E-state index contributed by atoms with van der Waals surface area (Å²) in [5, 5.41) is 0. The van der Waals surface area contributed by atoms with E-state index >= 15 is 0 Å². The van der Waals surface area contributed by atoms with Crippen LogP contribution >= 0.6 is 0 Å². The summed E-state index contributed by atoms with van der Waals surface area (Å²) < 4.78 is 0. The molecule has 0 aromatic carbocycles. The van der Waals surface area contributed by atoms with E-state index in [0.29, 0.717) is 0 Å². The molecule has 0 unspecified atom stereocenters. The smallest absolute Gasteiger partial charge is 0.265 e. The molecule has 1 rings (SSSR count). The molecule has 0 amide bonds. The molecule has 1 aromatic heterocycles. The largest absolute Gasteiger partial charge is 2.00 e. The van der Waals surface area contributed by atoms with Gasteiger partial charge in [-0.25, -0.2) is 0 Å². The van der Waals surface area contributed by atoms with E-state index in [2.05, 4.69) is 4.98 Å². The molecule has 0 saturated heterocycles. The molecule has 0 atom stereocenters. The van der Waals surface area contributed by atoms with Crippen LogP contribution in [0.1, 0.15) is 0 Å². The maximum Gasteiger partial charge on any atom is 2.00 e. The van der Waals surface area contributed by atoms with Crippen LogP contribution in [0.2, 0.25) is 0 Å². The summed E-state index contributed by atoms with van der Waals surface area (Å²) in [6, 6.07) is 5.72. The Morgan fingerprint density at radius 3 is 1.57 bits per heavy atom. The van der Waals surface area contributed by atoms with Crippen LogP contribution in [-0.4, -0.2) is 4.98 Å². The predicted molar refractivity (Wildman–Crippen MR) is 24.2 cm³/mol. The number of pyridine rings is 1. The average Bonchev–Trinajstić information content (AvgIpc) is 1.72. The van der Waals surface area contributed by atoms with Crippen molar-refractivity contribution in [2.45, 2.75) is 0 Å². The second-order valence-corrected chi connectivity index (χ2v) is 1.02. The van der Waals surface area contributed by atoms with Gasteiger partial charge in [0.1, 0.15) is 0 Å². The second kappa shape index (κ2) is 3.82. The van der Waals surface area contributed by atoms with E-state index in [0.717, 1.165) is 0 Å². The van der Waals surface area contributed by atoms with Gasteiger partial charge in [-0.1, -0.05) is 6.07 Å². The molecule has 0 aliphatic rings. The second-order valence-electron chi connectivity index (χ2n) is 1.02. The molecule has 0 aliphatic carbocycles. The number of hydrogen-bond acceptors (Lipinski definition) is 1. The van der Waals surface area contributed by atoms with Gasteiger partial charge < -0.3 is 0 Å². The molecular formula is C5H5NNi+2. The van der Waals surface area contributed by atoms with Gasteiger partial charge in [0.25, 0.3) is 0 Å². The molecule has 0 fully saturated rings. The molecule has 1 aromatic rings. The van der Waals surface area contributed by atoms with Crippen LogP contribution in [-0.2, 0) is 16.5 Å². The van der Waals surface area contributed by atoms with Gasteiger partial charge >= 0.3 is 16.5 Å². The fourth-order valence-corrected chi connectivity index (χ4v) is 0.313. The van der Waals surface area contributed by atoms with Crippen LogP contribution < -0.4 is 0 Å². The van der Waals surface area contributed by atoms with E-state index in [-0.39, 0.29) is 16.5 Å². The summed E-state index contributed by atoms with van der Waals surface area (Å²) >= 11 is 0. The normalized spacial score (nSPS) is 6.86. The van der Waals surface area contributed by atoms with Gasteiger partial charge in [0.15, 0.2) is 0 Å². The first-order chi connectivity index (χ1) is 3.00. The van der Waals surface area contributed by atoms with Crippen molar-refractivity contribution in [2.75, 3.05) is 0 Å². The predicted octanol–water partition coefficient (Wildman–Crippen LogP) is 1.08. The Hall–Kier alpha value is -0.356. The SMILES string of the molecule is [Ni+2].c1ccncc1. The van der Waals surface area contributed by atoms with Gasteiger partial charge in [0.05, 0.1) is 0 Å². The van der Waals surface area contributed by atoms with Crippen molar-refractivity contribution in [1.82, 2.24) is 4.98 Å². The molecule has 7 heavy (non-hydrogen) atoms. The molecule has 0 radical (unpaired) electrons. The number of rotatable bonds is 0. The summed E-state index contributed by atoms with van der Waals surface area (Å²) in [4.78, 5) is 3.78. The van der Waals surface area contributed by atoms with Crippen molar-refractivity contribution in [3.8, 4) is 0 Å². The Kier molecular flexibility index (Phi) is 3.63. The monoisotopic (exact) mass is 137 g/mol. The molecule has 0 bridgehead atoms. The van der Waals surface area contributed by atoms with Crippen molar-refractivity contribution < 1.29 is 16.5 Å². The molecule has 2 heteroatoms. The fourth-order valence-electron chi connectivity index (χ4n) is 0.313. The summed E-state index contributed by atoms with van der Waals surface area (Å²) in [6.45, 7) is 0. The Bertz CT molecular complexity index is 80.0. The van der Waals surface area contributed by atoms with E-state index in [1.165, 1.54) is 0 Å². The van der Waals surface area contributed by atoms with Gasteiger partial charge in [-0.3, -0.25) is 4.98 Å². The van der Waals surface area contributed by atoms with E-state index in [4.69, 9.17) is 0 Å². The first-order valence-electron chi connectivity index (χ1n) is 1.85. The number of hydrogen-bond donors (Lipinski definition) is 0. The number of nitrogens with zero attached hydrogens (tertiary/aromatic N) is 1. The zero-order chi connectivity index (χ0) is 4.24. The molecule has 0 saturated carbocycles. The third-order valence-electron chi connectivity index (χ3n) is 0.566. The van der Waals surface area contributed by atoms with Gasteiger partial charge in [-0.05, 0) is 12.1 Å². The molecule has 0 spiro atoms. The minimum Gasteiger partial charge on any atom is -0.265 e. The zero-order valence-electron chi connectivity index (χ0n) is 3.65. The fraction of sp³-hybridized carbons (Fsp3) is 0. The van der Waals surface area contributed by atoms with Gasteiger partial charge in [-0.2, -0.15) is 0 Å². The van der Waals surface area contributed by atoms with Crippen LogP contribution in [0.25, 0.3) is 0 Å². The third-order valence-corrected chi connectivity index (χ3v) is 0.566. The summed E-state index contributed by atoms with van der Waals surface area (Å²) in [7, 11) is 0. The molecule has 0 N–H and O–H groups in total. The summed E-state index contributed by atoms with van der Waals surface area (Å²) in [5.41, 5.74) is 0. The van der Waals surface area contributed by atoms with Crippen LogP contribution in [0.15, 0.2) is 30.6 Å². The van der Waals surface area contributed by atoms with Crippen LogP contribution in [0.3, 0.4) is 0 Å². The molecule has 38 valence electrons. The topological polar surface area (TPSA) is 12.9 Å². The minimum absolute atomic E-state index is 0. The standard InChI is InChI=1S/C5H5N.Ni/c1-2-4-6-5-3-1;/h1-5H;/q;+2. The first-order valence-corrected chi connectivity index (χ1v) is 1.85. The van der Waals surface area contributed by atoms with Crippen LogP contribution in [0, 0.1) is 0 Å². The van der Waals surface area contributed by atoms with Gasteiger partial charge in [-0.15, -0.1) is 0 Å². The van der Waals surface area contributed by atoms with Gasteiger partial charge in [0, 0.05) is 12.4 Å². The third kappa shape index (κ3) is 2.35. The van der Waals surface area contributed by atoms with E-state index < -0.39 is 0 Å². The maximum absolute atomic E-state index is 3.78. The first kappa shape index (κ1) is 6.64. The zero-order valence-corrected chi connectivity index (χ0v) is 4.64. The number of aromatic nitrogens is 1. The van der Waals surface area contributed by atoms with Crippen LogP contribution in [0.4, 0.5) is 0 Å². The Morgan fingerprint density at radius 1 is 0.857 bits per heavy atom. The Balaban J connectivity index is 0.000000360. The van der Waals surface area contributed by atoms with Crippen molar-refractivity contribution in [3.05, 3.63) is 30.6 Å². The average molecular weight is 138 g/mol. The summed E-state index contributed by atoms with van der Waals surface area (Å²) in [6.07, 6.45) is 3.50. The van der Waals surface area contributed by atoms with E-state index in [1.54, 1.807) is 12.4 Å².